The molecule has 0 radical (unpaired) electrons. The molecule has 2 heteroatoms. The van der Waals surface area contributed by atoms with Gasteiger partial charge in [-0.25, -0.2) is 0 Å². The molecule has 17 heavy (non-hydrogen) atoms. The number of allylic oxidation sites excluding steroid dienone is 1. The number of thioether (sulfide) groups is 1. The van der Waals surface area contributed by atoms with Gasteiger partial charge in [-0.3, -0.25) is 0 Å². The van der Waals surface area contributed by atoms with E-state index in [1.807, 2.05) is 6.07 Å². The van der Waals surface area contributed by atoms with E-state index in [4.69, 9.17) is 0 Å². The van der Waals surface area contributed by atoms with Crippen LogP contribution in [-0.4, -0.2) is 15.0 Å². The van der Waals surface area contributed by atoms with Crippen LogP contribution in [0.5, 0.6) is 0 Å². The Bertz CT molecular complexity index is 465. The third-order valence-corrected chi connectivity index (χ3v) is 5.81. The third-order valence-electron chi connectivity index (χ3n) is 2.15. The van der Waals surface area contributed by atoms with Crippen LogP contribution in [0.4, 0.5) is 0 Å². The van der Waals surface area contributed by atoms with Crippen LogP contribution >= 0.6 is 11.8 Å². The summed E-state index contributed by atoms with van der Waals surface area (Å²) in [5.74, 6) is 0. The molecule has 0 aromatic heterocycles. The SMILES string of the molecule is C=C(C[Se]c1ccccc1)Sc1ccccc1. The van der Waals surface area contributed by atoms with E-state index in [1.54, 1.807) is 11.8 Å². The molecule has 0 bridgehead atoms. The Hall–Kier alpha value is -0.951. The molecule has 0 N–H and O–H groups in total. The molecule has 0 amide bonds. The van der Waals surface area contributed by atoms with Crippen molar-refractivity contribution in [3.05, 3.63) is 72.1 Å². The fourth-order valence-electron chi connectivity index (χ4n) is 1.37. The topological polar surface area (TPSA) is 0 Å². The molecule has 0 aliphatic heterocycles. The van der Waals surface area contributed by atoms with Crippen LogP contribution in [-0.2, 0) is 0 Å². The first kappa shape index (κ1) is 12.5. The molecule has 0 spiro atoms. The van der Waals surface area contributed by atoms with Crippen molar-refractivity contribution in [2.24, 2.45) is 0 Å². The van der Waals surface area contributed by atoms with E-state index in [9.17, 15) is 0 Å². The van der Waals surface area contributed by atoms with Gasteiger partial charge in [0.1, 0.15) is 0 Å². The van der Waals surface area contributed by atoms with Gasteiger partial charge in [-0.15, -0.1) is 0 Å². The Morgan fingerprint density at radius 2 is 1.53 bits per heavy atom. The first-order valence-electron chi connectivity index (χ1n) is 5.43. The van der Waals surface area contributed by atoms with Crippen LogP contribution in [0.25, 0.3) is 0 Å². The average molecular weight is 305 g/mol. The Morgan fingerprint density at radius 3 is 2.18 bits per heavy atom. The fraction of sp³-hybridized carbons (Fsp3) is 0.0667. The van der Waals surface area contributed by atoms with Crippen molar-refractivity contribution in [3.63, 3.8) is 0 Å². The van der Waals surface area contributed by atoms with Gasteiger partial charge in [0.25, 0.3) is 0 Å². The van der Waals surface area contributed by atoms with E-state index in [1.165, 1.54) is 14.3 Å². The standard InChI is InChI=1S/C15H14SSe/c1-13(16-14-8-4-2-5-9-14)12-17-15-10-6-3-7-11-15/h2-11H,1,12H2. The van der Waals surface area contributed by atoms with Gasteiger partial charge in [0, 0.05) is 0 Å². The van der Waals surface area contributed by atoms with Crippen molar-refractivity contribution in [2.45, 2.75) is 10.2 Å². The summed E-state index contributed by atoms with van der Waals surface area (Å²) < 4.78 is 1.44. The van der Waals surface area contributed by atoms with Gasteiger partial charge in [-0.1, -0.05) is 0 Å². The molecule has 0 aliphatic rings. The Morgan fingerprint density at radius 1 is 0.941 bits per heavy atom. The number of benzene rings is 2. The van der Waals surface area contributed by atoms with Crippen molar-refractivity contribution >= 4 is 31.2 Å². The van der Waals surface area contributed by atoms with E-state index in [2.05, 4.69) is 61.2 Å². The summed E-state index contributed by atoms with van der Waals surface area (Å²) in [7, 11) is 0. The van der Waals surface area contributed by atoms with E-state index < -0.39 is 0 Å². The first-order chi connectivity index (χ1) is 8.34. The molecule has 0 unspecified atom stereocenters. The molecule has 2 aromatic carbocycles. The van der Waals surface area contributed by atoms with Crippen molar-refractivity contribution in [2.75, 3.05) is 0 Å². The zero-order chi connectivity index (χ0) is 11.9. The summed E-state index contributed by atoms with van der Waals surface area (Å²) in [6, 6.07) is 21.1. The summed E-state index contributed by atoms with van der Waals surface area (Å²) in [5.41, 5.74) is 0. The van der Waals surface area contributed by atoms with E-state index in [0.29, 0.717) is 15.0 Å². The molecule has 0 saturated heterocycles. The molecule has 0 saturated carbocycles. The van der Waals surface area contributed by atoms with Gasteiger partial charge in [0.05, 0.1) is 0 Å². The zero-order valence-electron chi connectivity index (χ0n) is 9.50. The molecule has 86 valence electrons. The quantitative estimate of drug-likeness (QED) is 0.599. The third kappa shape index (κ3) is 4.43. The molecular formula is C15H14SSe. The molecular weight excluding hydrogens is 291 g/mol. The van der Waals surface area contributed by atoms with Gasteiger partial charge in [0.15, 0.2) is 0 Å². The van der Waals surface area contributed by atoms with E-state index in [-0.39, 0.29) is 0 Å². The number of hydrogen-bond donors (Lipinski definition) is 0. The minimum absolute atomic E-state index is 0.500. The van der Waals surface area contributed by atoms with Gasteiger partial charge >= 0.3 is 114 Å². The molecule has 0 aliphatic carbocycles. The van der Waals surface area contributed by atoms with Crippen LogP contribution in [0, 0.1) is 0 Å². The minimum atomic E-state index is 0.500. The van der Waals surface area contributed by atoms with E-state index >= 15 is 0 Å². The van der Waals surface area contributed by atoms with Crippen LogP contribution < -0.4 is 4.46 Å². The van der Waals surface area contributed by atoms with Gasteiger partial charge in [0.2, 0.25) is 0 Å². The summed E-state index contributed by atoms with van der Waals surface area (Å²) in [4.78, 5) is 2.53. The van der Waals surface area contributed by atoms with Crippen LogP contribution in [0.3, 0.4) is 0 Å². The van der Waals surface area contributed by atoms with Crippen molar-refractivity contribution in [1.29, 1.82) is 0 Å². The fourth-order valence-corrected chi connectivity index (χ4v) is 4.15. The normalized spacial score (nSPS) is 10.1. The molecule has 0 fully saturated rings. The summed E-state index contributed by atoms with van der Waals surface area (Å²) in [6.07, 6.45) is 0. The Labute approximate surface area is 113 Å². The van der Waals surface area contributed by atoms with Gasteiger partial charge < -0.3 is 0 Å². The predicted octanol–water partition coefficient (Wildman–Crippen LogP) is 3.74. The summed E-state index contributed by atoms with van der Waals surface area (Å²) >= 11 is 2.28. The number of hydrogen-bond acceptors (Lipinski definition) is 1. The van der Waals surface area contributed by atoms with Crippen molar-refractivity contribution < 1.29 is 0 Å². The Balaban J connectivity index is 1.83. The Kier molecular flexibility index (Phi) is 4.93. The second-order valence-corrected chi connectivity index (χ2v) is 7.01. The van der Waals surface area contributed by atoms with Crippen molar-refractivity contribution in [1.82, 2.24) is 0 Å². The second kappa shape index (κ2) is 6.70. The number of rotatable bonds is 5. The maximum atomic E-state index is 4.14. The molecule has 2 rings (SSSR count). The average Bonchev–Trinajstić information content (AvgIpc) is 2.39. The first-order valence-corrected chi connectivity index (χ1v) is 8.31. The monoisotopic (exact) mass is 306 g/mol. The molecule has 0 atom stereocenters. The van der Waals surface area contributed by atoms with Gasteiger partial charge in [-0.05, 0) is 0 Å². The molecule has 0 heterocycles. The predicted molar refractivity (Wildman–Crippen MR) is 78.1 cm³/mol. The summed E-state index contributed by atoms with van der Waals surface area (Å²) in [6.45, 7) is 4.14. The van der Waals surface area contributed by atoms with Crippen LogP contribution in [0.15, 0.2) is 77.0 Å². The summed E-state index contributed by atoms with van der Waals surface area (Å²) in [5, 5.41) is 1.09. The zero-order valence-corrected chi connectivity index (χ0v) is 12.0. The van der Waals surface area contributed by atoms with Gasteiger partial charge in [-0.2, -0.15) is 0 Å². The molecule has 2 aromatic rings. The van der Waals surface area contributed by atoms with E-state index in [0.717, 1.165) is 5.32 Å². The van der Waals surface area contributed by atoms with Crippen LogP contribution in [0.1, 0.15) is 0 Å². The van der Waals surface area contributed by atoms with Crippen molar-refractivity contribution in [3.8, 4) is 0 Å². The molecule has 0 nitrogen and oxygen atoms in total. The second-order valence-electron chi connectivity index (χ2n) is 3.56. The van der Waals surface area contributed by atoms with Crippen LogP contribution in [0.2, 0.25) is 5.32 Å². The maximum absolute atomic E-state index is 4.14.